The molecule has 1 fully saturated rings. The van der Waals surface area contributed by atoms with Gasteiger partial charge in [-0.3, -0.25) is 9.88 Å². The van der Waals surface area contributed by atoms with Gasteiger partial charge in [-0.05, 0) is 64.0 Å². The number of pyridine rings is 1. The van der Waals surface area contributed by atoms with Gasteiger partial charge in [0.05, 0.1) is 0 Å². The van der Waals surface area contributed by atoms with Crippen molar-refractivity contribution < 1.29 is 0 Å². The van der Waals surface area contributed by atoms with Crippen molar-refractivity contribution in [3.63, 3.8) is 0 Å². The highest BCUT2D eigenvalue weighted by Gasteiger charge is 2.25. The average molecular weight is 323 g/mol. The normalized spacial score (nSPS) is 18.4. The van der Waals surface area contributed by atoms with E-state index < -0.39 is 0 Å². The molecule has 0 radical (unpaired) electrons. The smallest absolute Gasteiger partial charge is 0.0407 e. The van der Waals surface area contributed by atoms with Gasteiger partial charge < -0.3 is 4.90 Å². The molecule has 0 saturated carbocycles. The summed E-state index contributed by atoms with van der Waals surface area (Å²) in [5.74, 6) is 0. The van der Waals surface area contributed by atoms with Gasteiger partial charge in [-0.25, -0.2) is 0 Å². The molecule has 2 heterocycles. The molecule has 24 heavy (non-hydrogen) atoms. The lowest BCUT2D eigenvalue weighted by Gasteiger charge is -2.25. The van der Waals surface area contributed by atoms with Crippen LogP contribution in [0.15, 0.2) is 48.5 Å². The Morgan fingerprint density at radius 2 is 1.96 bits per heavy atom. The van der Waals surface area contributed by atoms with E-state index in [1.54, 1.807) is 0 Å². The second kappa shape index (κ2) is 8.41. The van der Waals surface area contributed by atoms with Gasteiger partial charge in [-0.1, -0.05) is 36.4 Å². The second-order valence-corrected chi connectivity index (χ2v) is 7.02. The van der Waals surface area contributed by atoms with E-state index in [0.29, 0.717) is 6.04 Å². The number of hydrogen-bond donors (Lipinski definition) is 0. The van der Waals surface area contributed by atoms with E-state index in [9.17, 15) is 0 Å². The Morgan fingerprint density at radius 3 is 2.75 bits per heavy atom. The molecule has 0 aliphatic carbocycles. The number of rotatable bonds is 7. The van der Waals surface area contributed by atoms with Crippen LogP contribution in [-0.2, 0) is 13.0 Å². The standard InChI is InChI=1S/C21H29N3/c1-18-8-6-11-20(22-18)12-7-14-24-15-13-21(17-24)23(2)16-19-9-4-3-5-10-19/h3-6,8-11,21H,7,12-17H2,1-2H3. The van der Waals surface area contributed by atoms with Crippen LogP contribution in [-0.4, -0.2) is 47.5 Å². The van der Waals surface area contributed by atoms with Crippen LogP contribution in [0, 0.1) is 6.92 Å². The lowest BCUT2D eigenvalue weighted by atomic mass is 10.1. The highest BCUT2D eigenvalue weighted by atomic mass is 15.2. The Labute approximate surface area is 146 Å². The molecule has 3 heteroatoms. The minimum Gasteiger partial charge on any atom is -0.302 e. The van der Waals surface area contributed by atoms with E-state index in [0.717, 1.165) is 18.7 Å². The average Bonchev–Trinajstić information content (AvgIpc) is 3.05. The van der Waals surface area contributed by atoms with Crippen molar-refractivity contribution in [1.82, 2.24) is 14.8 Å². The highest BCUT2D eigenvalue weighted by Crippen LogP contribution is 2.17. The van der Waals surface area contributed by atoms with Crippen LogP contribution in [0.1, 0.15) is 29.8 Å². The molecule has 3 nitrogen and oxygen atoms in total. The van der Waals surface area contributed by atoms with Gasteiger partial charge in [-0.2, -0.15) is 0 Å². The SMILES string of the molecule is Cc1cccc(CCCN2CCC(N(C)Cc3ccccc3)C2)n1. The number of aromatic nitrogens is 1. The molecule has 1 aliphatic heterocycles. The summed E-state index contributed by atoms with van der Waals surface area (Å²) in [6.07, 6.45) is 3.57. The number of likely N-dealkylation sites (tertiary alicyclic amines) is 1. The number of likely N-dealkylation sites (N-methyl/N-ethyl adjacent to an activating group) is 1. The quantitative estimate of drug-likeness (QED) is 0.777. The summed E-state index contributed by atoms with van der Waals surface area (Å²) in [7, 11) is 2.26. The zero-order valence-corrected chi connectivity index (χ0v) is 15.0. The largest absolute Gasteiger partial charge is 0.302 e. The van der Waals surface area contributed by atoms with Gasteiger partial charge in [-0.15, -0.1) is 0 Å². The molecule has 1 aliphatic rings. The van der Waals surface area contributed by atoms with Gasteiger partial charge in [0, 0.05) is 30.5 Å². The molecule has 0 bridgehead atoms. The maximum atomic E-state index is 4.60. The Hall–Kier alpha value is -1.71. The van der Waals surface area contributed by atoms with Crippen molar-refractivity contribution in [2.45, 2.75) is 38.8 Å². The fourth-order valence-corrected chi connectivity index (χ4v) is 3.60. The molecule has 0 N–H and O–H groups in total. The third-order valence-electron chi connectivity index (χ3n) is 5.00. The van der Waals surface area contributed by atoms with Gasteiger partial charge in [0.2, 0.25) is 0 Å². The molecular weight excluding hydrogens is 294 g/mol. The van der Waals surface area contributed by atoms with Crippen LogP contribution in [0.3, 0.4) is 0 Å². The van der Waals surface area contributed by atoms with E-state index in [1.807, 2.05) is 0 Å². The minimum absolute atomic E-state index is 0.683. The Kier molecular flexibility index (Phi) is 6.00. The van der Waals surface area contributed by atoms with Crippen LogP contribution in [0.5, 0.6) is 0 Å². The number of hydrogen-bond acceptors (Lipinski definition) is 3. The zero-order chi connectivity index (χ0) is 16.8. The molecular formula is C21H29N3. The maximum Gasteiger partial charge on any atom is 0.0407 e. The van der Waals surface area contributed by atoms with Crippen molar-refractivity contribution >= 4 is 0 Å². The summed E-state index contributed by atoms with van der Waals surface area (Å²) >= 11 is 0. The summed E-state index contributed by atoms with van der Waals surface area (Å²) in [6, 6.07) is 17.8. The van der Waals surface area contributed by atoms with Crippen molar-refractivity contribution in [1.29, 1.82) is 0 Å². The molecule has 0 amide bonds. The van der Waals surface area contributed by atoms with E-state index >= 15 is 0 Å². The third kappa shape index (κ3) is 4.89. The lowest BCUT2D eigenvalue weighted by molar-refractivity contribution is 0.224. The first-order valence-electron chi connectivity index (χ1n) is 9.10. The van der Waals surface area contributed by atoms with E-state index in [2.05, 4.69) is 77.3 Å². The van der Waals surface area contributed by atoms with Crippen LogP contribution >= 0.6 is 0 Å². The van der Waals surface area contributed by atoms with Crippen LogP contribution in [0.2, 0.25) is 0 Å². The van der Waals surface area contributed by atoms with E-state index in [1.165, 1.54) is 43.7 Å². The fourth-order valence-electron chi connectivity index (χ4n) is 3.60. The summed E-state index contributed by atoms with van der Waals surface area (Å²) < 4.78 is 0. The highest BCUT2D eigenvalue weighted by molar-refractivity contribution is 5.14. The molecule has 1 atom stereocenters. The first-order valence-corrected chi connectivity index (χ1v) is 9.10. The molecule has 0 spiro atoms. The lowest BCUT2D eigenvalue weighted by Crippen LogP contribution is -2.34. The van der Waals surface area contributed by atoms with Crippen LogP contribution < -0.4 is 0 Å². The van der Waals surface area contributed by atoms with Crippen LogP contribution in [0.25, 0.3) is 0 Å². The molecule has 1 unspecified atom stereocenters. The second-order valence-electron chi connectivity index (χ2n) is 7.02. The summed E-state index contributed by atoms with van der Waals surface area (Å²) in [4.78, 5) is 9.72. The third-order valence-corrected chi connectivity index (χ3v) is 5.00. The van der Waals surface area contributed by atoms with Gasteiger partial charge in [0.1, 0.15) is 0 Å². The maximum absolute atomic E-state index is 4.60. The Bertz CT molecular complexity index is 626. The van der Waals surface area contributed by atoms with Gasteiger partial charge >= 0.3 is 0 Å². The van der Waals surface area contributed by atoms with Crippen LogP contribution in [0.4, 0.5) is 0 Å². The summed E-state index contributed by atoms with van der Waals surface area (Å²) in [5.41, 5.74) is 3.76. The first-order chi connectivity index (χ1) is 11.7. The molecule has 2 aromatic rings. The molecule has 1 saturated heterocycles. The monoisotopic (exact) mass is 323 g/mol. The summed E-state index contributed by atoms with van der Waals surface area (Å²) in [5, 5.41) is 0. The summed E-state index contributed by atoms with van der Waals surface area (Å²) in [6.45, 7) is 6.73. The predicted molar refractivity (Wildman–Crippen MR) is 100 cm³/mol. The van der Waals surface area contributed by atoms with Gasteiger partial charge in [0.25, 0.3) is 0 Å². The van der Waals surface area contributed by atoms with Gasteiger partial charge in [0.15, 0.2) is 0 Å². The van der Waals surface area contributed by atoms with Crippen molar-refractivity contribution in [2.24, 2.45) is 0 Å². The van der Waals surface area contributed by atoms with Crippen molar-refractivity contribution in [3.8, 4) is 0 Å². The van der Waals surface area contributed by atoms with Crippen molar-refractivity contribution in [2.75, 3.05) is 26.7 Å². The Balaban J connectivity index is 1.40. The predicted octanol–water partition coefficient (Wildman–Crippen LogP) is 3.53. The molecule has 3 rings (SSSR count). The van der Waals surface area contributed by atoms with E-state index in [4.69, 9.17) is 0 Å². The molecule has 1 aromatic heterocycles. The Morgan fingerprint density at radius 1 is 1.12 bits per heavy atom. The number of aryl methyl sites for hydroxylation is 2. The topological polar surface area (TPSA) is 19.4 Å². The number of benzene rings is 1. The molecule has 128 valence electrons. The number of nitrogens with zero attached hydrogens (tertiary/aromatic N) is 3. The first kappa shape index (κ1) is 17.1. The van der Waals surface area contributed by atoms with E-state index in [-0.39, 0.29) is 0 Å². The minimum atomic E-state index is 0.683. The molecule has 1 aromatic carbocycles. The fraction of sp³-hybridized carbons (Fsp3) is 0.476. The van der Waals surface area contributed by atoms with Crippen molar-refractivity contribution in [3.05, 3.63) is 65.5 Å². The zero-order valence-electron chi connectivity index (χ0n) is 15.0.